The molecule has 1 unspecified atom stereocenters. The number of amides is 1. The van der Waals surface area contributed by atoms with Gasteiger partial charge in [0.1, 0.15) is 0 Å². The van der Waals surface area contributed by atoms with Crippen molar-refractivity contribution in [2.75, 3.05) is 0 Å². The average Bonchev–Trinajstić information content (AvgIpc) is 2.30. The average molecular weight is 269 g/mol. The fourth-order valence-electron chi connectivity index (χ4n) is 1.38. The maximum absolute atomic E-state index is 13.6. The van der Waals surface area contributed by atoms with E-state index in [4.69, 9.17) is 9.84 Å². The molecule has 0 saturated carbocycles. The van der Waals surface area contributed by atoms with Gasteiger partial charge in [-0.25, -0.2) is 9.18 Å². The van der Waals surface area contributed by atoms with Gasteiger partial charge in [0.25, 0.3) is 5.91 Å². The smallest absolute Gasteiger partial charge is 0.335 e. The van der Waals surface area contributed by atoms with Crippen molar-refractivity contribution in [3.63, 3.8) is 0 Å². The number of ether oxygens (including phenoxy) is 1. The number of carboxylic acids is 1. The fraction of sp³-hybridized carbons (Fsp3) is 0.385. The molecule has 0 radical (unpaired) electrons. The molecule has 2 N–H and O–H groups in total. The summed E-state index contributed by atoms with van der Waals surface area (Å²) in [6.07, 6.45) is -0.868. The van der Waals surface area contributed by atoms with Crippen molar-refractivity contribution in [1.82, 2.24) is 5.32 Å². The molecule has 0 aliphatic heterocycles. The molecule has 104 valence electrons. The van der Waals surface area contributed by atoms with Gasteiger partial charge in [-0.05, 0) is 39.0 Å². The summed E-state index contributed by atoms with van der Waals surface area (Å²) < 4.78 is 18.7. The number of carbonyl (C=O) groups is 2. The summed E-state index contributed by atoms with van der Waals surface area (Å²) in [5.41, 5.74) is -0.177. The summed E-state index contributed by atoms with van der Waals surface area (Å²) in [5.74, 6) is -2.56. The zero-order chi connectivity index (χ0) is 14.6. The molecule has 0 aliphatic rings. The number of halogens is 1. The second-order valence-electron chi connectivity index (χ2n) is 4.37. The maximum atomic E-state index is 13.6. The van der Waals surface area contributed by atoms with Gasteiger partial charge >= 0.3 is 5.97 Å². The minimum Gasteiger partial charge on any atom is -0.478 e. The molecule has 0 heterocycles. The van der Waals surface area contributed by atoms with Crippen LogP contribution in [0, 0.1) is 5.82 Å². The van der Waals surface area contributed by atoms with Crippen molar-refractivity contribution in [3.8, 4) is 5.75 Å². The van der Waals surface area contributed by atoms with E-state index in [0.29, 0.717) is 0 Å². The molecule has 1 rings (SSSR count). The molecule has 0 saturated heterocycles. The zero-order valence-corrected chi connectivity index (χ0v) is 10.9. The highest BCUT2D eigenvalue weighted by Crippen LogP contribution is 2.19. The summed E-state index contributed by atoms with van der Waals surface area (Å²) in [6.45, 7) is 5.09. The predicted octanol–water partition coefficient (Wildman–Crippen LogP) is 1.82. The monoisotopic (exact) mass is 269 g/mol. The number of hydrogen-bond donors (Lipinski definition) is 2. The Hall–Kier alpha value is -2.11. The first kappa shape index (κ1) is 14.9. The van der Waals surface area contributed by atoms with Gasteiger partial charge in [0.05, 0.1) is 5.56 Å². The zero-order valence-electron chi connectivity index (χ0n) is 10.9. The number of nitrogens with one attached hydrogen (secondary N) is 1. The number of hydrogen-bond acceptors (Lipinski definition) is 3. The Bertz CT molecular complexity index is 488. The Kier molecular flexibility index (Phi) is 4.86. The van der Waals surface area contributed by atoms with E-state index in [-0.39, 0.29) is 23.3 Å². The van der Waals surface area contributed by atoms with Crippen LogP contribution in [-0.4, -0.2) is 29.1 Å². The SMILES string of the molecule is CC(C)NC(=O)C(C)Oc1ccc(C(=O)O)cc1F. The summed E-state index contributed by atoms with van der Waals surface area (Å²) >= 11 is 0. The van der Waals surface area contributed by atoms with E-state index < -0.39 is 17.9 Å². The molecular weight excluding hydrogens is 253 g/mol. The van der Waals surface area contributed by atoms with Crippen molar-refractivity contribution in [3.05, 3.63) is 29.6 Å². The molecule has 1 aromatic carbocycles. The van der Waals surface area contributed by atoms with Crippen LogP contribution in [0.25, 0.3) is 0 Å². The Morgan fingerprint density at radius 2 is 1.95 bits per heavy atom. The first-order valence-corrected chi connectivity index (χ1v) is 5.81. The fourth-order valence-corrected chi connectivity index (χ4v) is 1.38. The summed E-state index contributed by atoms with van der Waals surface area (Å²) in [6, 6.07) is 3.22. The highest BCUT2D eigenvalue weighted by atomic mass is 19.1. The lowest BCUT2D eigenvalue weighted by molar-refractivity contribution is -0.127. The number of carbonyl (C=O) groups excluding carboxylic acids is 1. The predicted molar refractivity (Wildman–Crippen MR) is 66.7 cm³/mol. The second kappa shape index (κ2) is 6.17. The van der Waals surface area contributed by atoms with E-state index in [1.54, 1.807) is 13.8 Å². The maximum Gasteiger partial charge on any atom is 0.335 e. The van der Waals surface area contributed by atoms with E-state index in [0.717, 1.165) is 6.07 Å². The van der Waals surface area contributed by atoms with Crippen LogP contribution in [0.1, 0.15) is 31.1 Å². The molecule has 1 atom stereocenters. The Labute approximate surface area is 110 Å². The van der Waals surface area contributed by atoms with E-state index in [1.807, 2.05) is 0 Å². The lowest BCUT2D eigenvalue weighted by Crippen LogP contribution is -2.40. The van der Waals surface area contributed by atoms with E-state index >= 15 is 0 Å². The van der Waals surface area contributed by atoms with Gasteiger partial charge in [-0.2, -0.15) is 0 Å². The molecule has 1 amide bonds. The Morgan fingerprint density at radius 3 is 2.42 bits per heavy atom. The van der Waals surface area contributed by atoms with Crippen molar-refractivity contribution in [2.24, 2.45) is 0 Å². The van der Waals surface area contributed by atoms with Crippen LogP contribution in [0.15, 0.2) is 18.2 Å². The van der Waals surface area contributed by atoms with Gasteiger partial charge < -0.3 is 15.2 Å². The first-order chi connectivity index (χ1) is 8.81. The Morgan fingerprint density at radius 1 is 1.32 bits per heavy atom. The minimum atomic E-state index is -1.23. The first-order valence-electron chi connectivity index (χ1n) is 5.81. The van der Waals surface area contributed by atoms with Crippen molar-refractivity contribution in [2.45, 2.75) is 32.9 Å². The largest absolute Gasteiger partial charge is 0.478 e. The standard InChI is InChI=1S/C13H16FNO4/c1-7(2)15-12(16)8(3)19-11-5-4-9(13(17)18)6-10(11)14/h4-8H,1-3H3,(H,15,16)(H,17,18). The molecule has 19 heavy (non-hydrogen) atoms. The summed E-state index contributed by atoms with van der Waals surface area (Å²) in [7, 11) is 0. The van der Waals surface area contributed by atoms with Crippen LogP contribution in [0.2, 0.25) is 0 Å². The summed E-state index contributed by atoms with van der Waals surface area (Å²) in [4.78, 5) is 22.2. The lowest BCUT2D eigenvalue weighted by atomic mass is 10.2. The molecule has 0 fully saturated rings. The minimum absolute atomic E-state index is 0.0437. The third kappa shape index (κ3) is 4.24. The van der Waals surface area contributed by atoms with Gasteiger partial charge in [-0.1, -0.05) is 0 Å². The number of rotatable bonds is 5. The van der Waals surface area contributed by atoms with Gasteiger partial charge in [0, 0.05) is 6.04 Å². The topological polar surface area (TPSA) is 75.6 Å². The highest BCUT2D eigenvalue weighted by Gasteiger charge is 2.18. The van der Waals surface area contributed by atoms with Gasteiger partial charge in [-0.3, -0.25) is 4.79 Å². The van der Waals surface area contributed by atoms with Crippen molar-refractivity contribution >= 4 is 11.9 Å². The van der Waals surface area contributed by atoms with Crippen molar-refractivity contribution in [1.29, 1.82) is 0 Å². The van der Waals surface area contributed by atoms with Crippen LogP contribution >= 0.6 is 0 Å². The molecule has 0 aliphatic carbocycles. The number of benzene rings is 1. The molecular formula is C13H16FNO4. The number of aromatic carboxylic acids is 1. The molecule has 0 aromatic heterocycles. The third-order valence-electron chi connectivity index (χ3n) is 2.28. The third-order valence-corrected chi connectivity index (χ3v) is 2.28. The van der Waals surface area contributed by atoms with Crippen LogP contribution < -0.4 is 10.1 Å². The summed E-state index contributed by atoms with van der Waals surface area (Å²) in [5, 5.41) is 11.3. The quantitative estimate of drug-likeness (QED) is 0.854. The van der Waals surface area contributed by atoms with Crippen molar-refractivity contribution < 1.29 is 23.8 Å². The van der Waals surface area contributed by atoms with Gasteiger partial charge in [0.15, 0.2) is 17.7 Å². The molecule has 6 heteroatoms. The van der Waals surface area contributed by atoms with E-state index in [9.17, 15) is 14.0 Å². The lowest BCUT2D eigenvalue weighted by Gasteiger charge is -2.16. The van der Waals surface area contributed by atoms with Gasteiger partial charge in [0.2, 0.25) is 0 Å². The highest BCUT2D eigenvalue weighted by molar-refractivity contribution is 5.87. The molecule has 0 bridgehead atoms. The van der Waals surface area contributed by atoms with E-state index in [2.05, 4.69) is 5.32 Å². The Balaban J connectivity index is 2.77. The van der Waals surface area contributed by atoms with Crippen LogP contribution in [0.4, 0.5) is 4.39 Å². The van der Waals surface area contributed by atoms with E-state index in [1.165, 1.54) is 19.1 Å². The number of carboxylic acid groups (broad SMARTS) is 1. The molecule has 5 nitrogen and oxygen atoms in total. The molecule has 0 spiro atoms. The van der Waals surface area contributed by atoms with Crippen LogP contribution in [0.5, 0.6) is 5.75 Å². The molecule has 1 aromatic rings. The normalized spacial score (nSPS) is 12.1. The second-order valence-corrected chi connectivity index (χ2v) is 4.37. The van der Waals surface area contributed by atoms with Crippen LogP contribution in [0.3, 0.4) is 0 Å². The van der Waals surface area contributed by atoms with Gasteiger partial charge in [-0.15, -0.1) is 0 Å². The van der Waals surface area contributed by atoms with Crippen LogP contribution in [-0.2, 0) is 4.79 Å².